The largest absolute Gasteiger partial charge is 0.478 e. The zero-order valence-corrected chi connectivity index (χ0v) is 15.4. The van der Waals surface area contributed by atoms with Crippen LogP contribution in [0, 0.1) is 5.92 Å². The SMILES string of the molecule is CC(C)C(c1ccccc1)C(Oc1ccc(Cl)c2cccnc12)C(=O)O. The fraction of sp³-hybridized carbons (Fsp3) is 0.238. The number of hydrogen-bond donors (Lipinski definition) is 1. The Morgan fingerprint density at radius 2 is 1.81 bits per heavy atom. The van der Waals surface area contributed by atoms with E-state index in [4.69, 9.17) is 16.3 Å². The number of carbonyl (C=O) groups is 1. The molecule has 3 rings (SSSR count). The van der Waals surface area contributed by atoms with E-state index in [0.717, 1.165) is 10.9 Å². The van der Waals surface area contributed by atoms with Crippen LogP contribution < -0.4 is 4.74 Å². The van der Waals surface area contributed by atoms with Crippen LogP contribution in [0.2, 0.25) is 5.02 Å². The van der Waals surface area contributed by atoms with Crippen molar-refractivity contribution in [1.82, 2.24) is 4.98 Å². The van der Waals surface area contributed by atoms with Crippen LogP contribution in [0.25, 0.3) is 10.9 Å². The van der Waals surface area contributed by atoms with E-state index in [1.165, 1.54) is 0 Å². The molecule has 3 aromatic rings. The molecule has 0 amide bonds. The number of carboxylic acid groups (broad SMARTS) is 1. The fourth-order valence-corrected chi connectivity index (χ4v) is 3.42. The van der Waals surface area contributed by atoms with Gasteiger partial charge in [0.2, 0.25) is 6.10 Å². The predicted molar refractivity (Wildman–Crippen MR) is 103 cm³/mol. The summed E-state index contributed by atoms with van der Waals surface area (Å²) >= 11 is 6.23. The maximum Gasteiger partial charge on any atom is 0.345 e. The first-order valence-electron chi connectivity index (χ1n) is 8.46. The highest BCUT2D eigenvalue weighted by molar-refractivity contribution is 6.35. The van der Waals surface area contributed by atoms with Gasteiger partial charge in [-0.3, -0.25) is 4.98 Å². The van der Waals surface area contributed by atoms with Gasteiger partial charge < -0.3 is 9.84 Å². The second kappa shape index (κ2) is 7.75. The zero-order chi connectivity index (χ0) is 18.7. The molecule has 5 heteroatoms. The van der Waals surface area contributed by atoms with Gasteiger partial charge in [0.05, 0.1) is 5.02 Å². The summed E-state index contributed by atoms with van der Waals surface area (Å²) in [6.45, 7) is 3.99. The molecule has 2 atom stereocenters. The fourth-order valence-electron chi connectivity index (χ4n) is 3.21. The lowest BCUT2D eigenvalue weighted by Crippen LogP contribution is -2.36. The van der Waals surface area contributed by atoms with Gasteiger partial charge in [-0.15, -0.1) is 0 Å². The Labute approximate surface area is 157 Å². The predicted octanol–water partition coefficient (Wildman–Crippen LogP) is 5.16. The van der Waals surface area contributed by atoms with Crippen LogP contribution in [0.3, 0.4) is 0 Å². The van der Waals surface area contributed by atoms with E-state index < -0.39 is 12.1 Å². The molecule has 2 aromatic carbocycles. The number of ether oxygens (including phenoxy) is 1. The van der Waals surface area contributed by atoms with E-state index in [0.29, 0.717) is 16.3 Å². The second-order valence-corrected chi connectivity index (χ2v) is 6.91. The Kier molecular flexibility index (Phi) is 5.43. The molecule has 1 aromatic heterocycles. The molecule has 0 saturated carbocycles. The minimum atomic E-state index is -1.04. The van der Waals surface area contributed by atoms with E-state index in [1.54, 1.807) is 24.4 Å². The molecule has 1 heterocycles. The first kappa shape index (κ1) is 18.2. The van der Waals surface area contributed by atoms with Crippen molar-refractivity contribution in [3.63, 3.8) is 0 Å². The van der Waals surface area contributed by atoms with E-state index in [-0.39, 0.29) is 11.8 Å². The molecule has 26 heavy (non-hydrogen) atoms. The van der Waals surface area contributed by atoms with Crippen molar-refractivity contribution in [2.24, 2.45) is 5.92 Å². The molecule has 0 fully saturated rings. The highest BCUT2D eigenvalue weighted by Gasteiger charge is 2.34. The van der Waals surface area contributed by atoms with Gasteiger partial charge in [-0.1, -0.05) is 55.8 Å². The van der Waals surface area contributed by atoms with Crippen molar-refractivity contribution in [2.45, 2.75) is 25.9 Å². The highest BCUT2D eigenvalue weighted by atomic mass is 35.5. The standard InChI is InChI=1S/C21H20ClNO3/c1-13(2)18(14-7-4-3-5-8-14)20(21(24)25)26-17-11-10-16(22)15-9-6-12-23-19(15)17/h3-13,18,20H,1-2H3,(H,24,25). The Morgan fingerprint density at radius 3 is 2.46 bits per heavy atom. The molecule has 0 aliphatic rings. The number of benzene rings is 2. The first-order valence-corrected chi connectivity index (χ1v) is 8.84. The van der Waals surface area contributed by atoms with Crippen LogP contribution in [0.4, 0.5) is 0 Å². The van der Waals surface area contributed by atoms with Gasteiger partial charge in [-0.05, 0) is 35.7 Å². The Morgan fingerprint density at radius 1 is 1.08 bits per heavy atom. The van der Waals surface area contributed by atoms with Gasteiger partial charge in [0.15, 0.2) is 0 Å². The summed E-state index contributed by atoms with van der Waals surface area (Å²) in [5.74, 6) is -0.821. The van der Waals surface area contributed by atoms with E-state index in [2.05, 4.69) is 4.98 Å². The summed E-state index contributed by atoms with van der Waals surface area (Å²) in [7, 11) is 0. The summed E-state index contributed by atoms with van der Waals surface area (Å²) < 4.78 is 6.00. The maximum atomic E-state index is 12.1. The molecule has 0 aliphatic heterocycles. The molecular formula is C21H20ClNO3. The molecule has 0 spiro atoms. The normalized spacial score (nSPS) is 13.5. The number of hydrogen-bond acceptors (Lipinski definition) is 3. The Bertz CT molecular complexity index is 912. The summed E-state index contributed by atoms with van der Waals surface area (Å²) in [5, 5.41) is 11.2. The summed E-state index contributed by atoms with van der Waals surface area (Å²) in [6.07, 6.45) is 0.599. The smallest absolute Gasteiger partial charge is 0.345 e. The molecule has 1 N–H and O–H groups in total. The highest BCUT2D eigenvalue weighted by Crippen LogP contribution is 2.35. The molecule has 0 bridgehead atoms. The molecule has 4 nitrogen and oxygen atoms in total. The monoisotopic (exact) mass is 369 g/mol. The number of halogens is 1. The van der Waals surface area contributed by atoms with E-state index in [1.807, 2.05) is 50.2 Å². The third kappa shape index (κ3) is 3.65. The van der Waals surface area contributed by atoms with Crippen LogP contribution >= 0.6 is 11.6 Å². The van der Waals surface area contributed by atoms with Crippen LogP contribution in [0.5, 0.6) is 5.75 Å². The van der Waals surface area contributed by atoms with Crippen LogP contribution in [0.15, 0.2) is 60.8 Å². The van der Waals surface area contributed by atoms with Gasteiger partial charge in [0.25, 0.3) is 0 Å². The topological polar surface area (TPSA) is 59.4 Å². The lowest BCUT2D eigenvalue weighted by molar-refractivity contribution is -0.146. The Hall–Kier alpha value is -2.59. The molecule has 0 saturated heterocycles. The quantitative estimate of drug-likeness (QED) is 0.652. The number of nitrogens with zero attached hydrogens (tertiary/aromatic N) is 1. The zero-order valence-electron chi connectivity index (χ0n) is 14.6. The number of carboxylic acids is 1. The van der Waals surface area contributed by atoms with Crippen LogP contribution in [0.1, 0.15) is 25.3 Å². The van der Waals surface area contributed by atoms with Crippen molar-refractivity contribution in [2.75, 3.05) is 0 Å². The van der Waals surface area contributed by atoms with E-state index >= 15 is 0 Å². The maximum absolute atomic E-state index is 12.1. The lowest BCUT2D eigenvalue weighted by atomic mass is 9.83. The lowest BCUT2D eigenvalue weighted by Gasteiger charge is -2.28. The third-order valence-corrected chi connectivity index (χ3v) is 4.74. The number of rotatable bonds is 6. The van der Waals surface area contributed by atoms with Crippen molar-refractivity contribution in [1.29, 1.82) is 0 Å². The van der Waals surface area contributed by atoms with Crippen molar-refractivity contribution < 1.29 is 14.6 Å². The minimum Gasteiger partial charge on any atom is -0.478 e. The average molecular weight is 370 g/mol. The number of aliphatic carboxylic acids is 1. The minimum absolute atomic E-state index is 0.0741. The van der Waals surface area contributed by atoms with Gasteiger partial charge in [0.1, 0.15) is 11.3 Å². The van der Waals surface area contributed by atoms with Gasteiger partial charge >= 0.3 is 5.97 Å². The van der Waals surface area contributed by atoms with Crippen molar-refractivity contribution in [3.05, 3.63) is 71.4 Å². The molecule has 0 radical (unpaired) electrons. The summed E-state index contributed by atoms with van der Waals surface area (Å²) in [4.78, 5) is 16.4. The molecule has 2 unspecified atom stereocenters. The van der Waals surface area contributed by atoms with Crippen molar-refractivity contribution in [3.8, 4) is 5.75 Å². The Balaban J connectivity index is 2.04. The van der Waals surface area contributed by atoms with Gasteiger partial charge in [-0.25, -0.2) is 4.79 Å². The average Bonchev–Trinajstić information content (AvgIpc) is 2.64. The second-order valence-electron chi connectivity index (χ2n) is 6.50. The van der Waals surface area contributed by atoms with Crippen LogP contribution in [-0.2, 0) is 4.79 Å². The third-order valence-electron chi connectivity index (χ3n) is 4.41. The summed E-state index contributed by atoms with van der Waals surface area (Å²) in [5.41, 5.74) is 1.49. The summed E-state index contributed by atoms with van der Waals surface area (Å²) in [6, 6.07) is 16.6. The number of fused-ring (bicyclic) bond motifs is 1. The van der Waals surface area contributed by atoms with Gasteiger partial charge in [-0.2, -0.15) is 0 Å². The molecule has 0 aliphatic carbocycles. The van der Waals surface area contributed by atoms with Crippen LogP contribution in [-0.4, -0.2) is 22.2 Å². The molecular weight excluding hydrogens is 350 g/mol. The number of pyridine rings is 1. The number of aromatic nitrogens is 1. The van der Waals surface area contributed by atoms with E-state index in [9.17, 15) is 9.90 Å². The first-order chi connectivity index (χ1) is 12.5. The van der Waals surface area contributed by atoms with Crippen molar-refractivity contribution >= 4 is 28.5 Å². The molecule has 134 valence electrons. The van der Waals surface area contributed by atoms with Gasteiger partial charge in [0, 0.05) is 17.5 Å².